The van der Waals surface area contributed by atoms with Gasteiger partial charge in [0.2, 0.25) is 0 Å². The Morgan fingerprint density at radius 1 is 1.60 bits per heavy atom. The summed E-state index contributed by atoms with van der Waals surface area (Å²) >= 11 is 0. The molecule has 1 N–H and O–H groups in total. The Morgan fingerprint density at radius 2 is 2.53 bits per heavy atom. The molecule has 0 spiro atoms. The van der Waals surface area contributed by atoms with Gasteiger partial charge in [-0.3, -0.25) is 0 Å². The van der Waals surface area contributed by atoms with Crippen molar-refractivity contribution in [3.05, 3.63) is 29.8 Å². The van der Waals surface area contributed by atoms with E-state index in [4.69, 9.17) is 4.74 Å². The van der Waals surface area contributed by atoms with Crippen molar-refractivity contribution >= 4 is 5.69 Å². The third-order valence-corrected chi connectivity index (χ3v) is 2.98. The fourth-order valence-electron chi connectivity index (χ4n) is 2.13. The fourth-order valence-corrected chi connectivity index (χ4v) is 2.13. The molecule has 2 heteroatoms. The van der Waals surface area contributed by atoms with Crippen LogP contribution in [0.4, 0.5) is 5.69 Å². The van der Waals surface area contributed by atoms with E-state index in [2.05, 4.69) is 23.5 Å². The van der Waals surface area contributed by atoms with Gasteiger partial charge in [0.05, 0.1) is 0 Å². The first-order valence-electron chi connectivity index (χ1n) is 5.64. The molecule has 0 aromatic heterocycles. The summed E-state index contributed by atoms with van der Waals surface area (Å²) in [6, 6.07) is 9.94. The second-order valence-corrected chi connectivity index (χ2v) is 4.10. The van der Waals surface area contributed by atoms with Crippen LogP contribution in [0.1, 0.15) is 24.8 Å². The number of benzene rings is 1. The van der Waals surface area contributed by atoms with Gasteiger partial charge in [0.15, 0.2) is 0 Å². The lowest BCUT2D eigenvalue weighted by atomic mass is 9.95. The van der Waals surface area contributed by atoms with Gasteiger partial charge in [-0.2, -0.15) is 0 Å². The number of rotatable bonds is 4. The minimum atomic E-state index is 0.614. The van der Waals surface area contributed by atoms with Gasteiger partial charge in [0.1, 0.15) is 0 Å². The lowest BCUT2D eigenvalue weighted by molar-refractivity contribution is 0.190. The van der Waals surface area contributed by atoms with Crippen LogP contribution in [0, 0.1) is 6.07 Å². The number of fused-ring (bicyclic) bond motifs is 1. The van der Waals surface area contributed by atoms with Gasteiger partial charge in [0.25, 0.3) is 0 Å². The maximum absolute atomic E-state index is 5.07. The molecule has 0 fully saturated rings. The maximum atomic E-state index is 5.07. The number of methoxy groups -OCH3 is 1. The number of hydrogen-bond donors (Lipinski definition) is 1. The smallest absolute Gasteiger partial charge is 0.0463 e. The van der Waals surface area contributed by atoms with Crippen LogP contribution in [0.25, 0.3) is 0 Å². The van der Waals surface area contributed by atoms with Gasteiger partial charge in [-0.15, -0.1) is 0 Å². The van der Waals surface area contributed by atoms with Crippen LogP contribution in [-0.4, -0.2) is 19.8 Å². The van der Waals surface area contributed by atoms with Gasteiger partial charge in [0, 0.05) is 25.4 Å². The molecule has 1 aromatic carbocycles. The highest BCUT2D eigenvalue weighted by Gasteiger charge is 2.16. The summed E-state index contributed by atoms with van der Waals surface area (Å²) in [5.74, 6) is 0. The molecule has 1 heterocycles. The van der Waals surface area contributed by atoms with E-state index in [1.807, 2.05) is 6.07 Å². The number of anilines is 1. The molecule has 15 heavy (non-hydrogen) atoms. The Hall–Kier alpha value is -1.02. The minimum Gasteiger partial charge on any atom is -0.385 e. The lowest BCUT2D eigenvalue weighted by Gasteiger charge is -2.26. The van der Waals surface area contributed by atoms with Crippen molar-refractivity contribution in [1.29, 1.82) is 0 Å². The molecule has 1 unspecified atom stereocenters. The Balaban J connectivity index is 1.88. The highest BCUT2D eigenvalue weighted by atomic mass is 16.5. The highest BCUT2D eigenvalue weighted by Crippen LogP contribution is 2.25. The number of nitrogens with one attached hydrogen (secondary N) is 1. The maximum Gasteiger partial charge on any atom is 0.0463 e. The molecule has 0 aliphatic carbocycles. The molecule has 1 aliphatic heterocycles. The quantitative estimate of drug-likeness (QED) is 0.761. The van der Waals surface area contributed by atoms with Crippen molar-refractivity contribution in [2.24, 2.45) is 0 Å². The molecule has 1 aromatic rings. The van der Waals surface area contributed by atoms with Crippen molar-refractivity contribution in [3.8, 4) is 0 Å². The summed E-state index contributed by atoms with van der Waals surface area (Å²) in [7, 11) is 1.76. The number of aryl methyl sites for hydroxylation is 1. The molecule has 2 nitrogen and oxygen atoms in total. The van der Waals surface area contributed by atoms with Gasteiger partial charge in [-0.05, 0) is 43.4 Å². The summed E-state index contributed by atoms with van der Waals surface area (Å²) in [5.41, 5.74) is 2.70. The Kier molecular flexibility index (Phi) is 3.62. The number of ether oxygens (including phenoxy) is 1. The van der Waals surface area contributed by atoms with Gasteiger partial charge < -0.3 is 10.1 Å². The Labute approximate surface area is 91.6 Å². The second kappa shape index (κ2) is 5.17. The molecule has 1 radical (unpaired) electrons. The van der Waals surface area contributed by atoms with E-state index in [1.54, 1.807) is 7.11 Å². The SMILES string of the molecule is COCCCC1CCc2cc[c]cc2N1. The molecule has 0 saturated carbocycles. The van der Waals surface area contributed by atoms with E-state index >= 15 is 0 Å². The van der Waals surface area contributed by atoms with E-state index < -0.39 is 0 Å². The molecule has 1 atom stereocenters. The topological polar surface area (TPSA) is 21.3 Å². The number of hydrogen-bond acceptors (Lipinski definition) is 2. The van der Waals surface area contributed by atoms with Crippen molar-refractivity contribution in [2.45, 2.75) is 31.7 Å². The van der Waals surface area contributed by atoms with E-state index in [-0.39, 0.29) is 0 Å². The molecular formula is C13H18NO. The zero-order valence-corrected chi connectivity index (χ0v) is 9.25. The molecule has 0 bridgehead atoms. The lowest BCUT2D eigenvalue weighted by Crippen LogP contribution is -2.25. The summed E-state index contributed by atoms with van der Waals surface area (Å²) in [5, 5.41) is 3.57. The van der Waals surface area contributed by atoms with E-state index in [9.17, 15) is 0 Å². The third-order valence-electron chi connectivity index (χ3n) is 2.98. The van der Waals surface area contributed by atoms with Crippen molar-refractivity contribution in [3.63, 3.8) is 0 Å². The molecule has 2 rings (SSSR count). The van der Waals surface area contributed by atoms with Crippen LogP contribution in [0.2, 0.25) is 0 Å². The molecule has 0 saturated heterocycles. The Bertz CT molecular complexity index is 311. The zero-order chi connectivity index (χ0) is 10.5. The summed E-state index contributed by atoms with van der Waals surface area (Å²) in [6.45, 7) is 0.867. The summed E-state index contributed by atoms with van der Waals surface area (Å²) in [4.78, 5) is 0. The molecular weight excluding hydrogens is 186 g/mol. The van der Waals surface area contributed by atoms with E-state index in [0.29, 0.717) is 6.04 Å². The first-order chi connectivity index (χ1) is 7.40. The predicted molar refractivity (Wildman–Crippen MR) is 62.1 cm³/mol. The average Bonchev–Trinajstić information content (AvgIpc) is 2.29. The van der Waals surface area contributed by atoms with Crippen molar-refractivity contribution < 1.29 is 4.74 Å². The van der Waals surface area contributed by atoms with Crippen molar-refractivity contribution in [1.82, 2.24) is 0 Å². The second-order valence-electron chi connectivity index (χ2n) is 4.10. The van der Waals surface area contributed by atoms with E-state index in [1.165, 1.54) is 30.5 Å². The van der Waals surface area contributed by atoms with Crippen LogP contribution in [-0.2, 0) is 11.2 Å². The van der Waals surface area contributed by atoms with Crippen LogP contribution >= 0.6 is 0 Å². The third kappa shape index (κ3) is 2.72. The monoisotopic (exact) mass is 204 g/mol. The van der Waals surface area contributed by atoms with Gasteiger partial charge in [-0.1, -0.05) is 12.1 Å². The van der Waals surface area contributed by atoms with Crippen LogP contribution < -0.4 is 5.32 Å². The predicted octanol–water partition coefficient (Wildman–Crippen LogP) is 2.64. The standard InChI is InChI=1S/C13H18NO/c1-15-10-4-6-12-9-8-11-5-2-3-7-13(11)14-12/h2,5,7,12,14H,4,6,8-10H2,1H3. The first kappa shape index (κ1) is 10.5. The van der Waals surface area contributed by atoms with Gasteiger partial charge >= 0.3 is 0 Å². The molecule has 0 amide bonds. The van der Waals surface area contributed by atoms with Crippen LogP contribution in [0.3, 0.4) is 0 Å². The first-order valence-corrected chi connectivity index (χ1v) is 5.64. The normalized spacial score (nSPS) is 19.4. The van der Waals surface area contributed by atoms with Crippen LogP contribution in [0.15, 0.2) is 18.2 Å². The average molecular weight is 204 g/mol. The largest absolute Gasteiger partial charge is 0.385 e. The van der Waals surface area contributed by atoms with E-state index in [0.717, 1.165) is 13.0 Å². The Morgan fingerprint density at radius 3 is 3.40 bits per heavy atom. The van der Waals surface area contributed by atoms with Crippen molar-refractivity contribution in [2.75, 3.05) is 19.0 Å². The summed E-state index contributed by atoms with van der Waals surface area (Å²) in [6.07, 6.45) is 4.76. The fraction of sp³-hybridized carbons (Fsp3) is 0.538. The van der Waals surface area contributed by atoms with Gasteiger partial charge in [-0.25, -0.2) is 0 Å². The highest BCUT2D eigenvalue weighted by molar-refractivity contribution is 5.53. The minimum absolute atomic E-state index is 0.614. The van der Waals surface area contributed by atoms with Crippen LogP contribution in [0.5, 0.6) is 0 Å². The molecule has 1 aliphatic rings. The summed E-state index contributed by atoms with van der Waals surface area (Å²) < 4.78 is 5.07. The zero-order valence-electron chi connectivity index (χ0n) is 9.25. The molecule has 81 valence electrons.